The van der Waals surface area contributed by atoms with E-state index in [1.165, 1.54) is 22.3 Å². The molecule has 0 fully saturated rings. The van der Waals surface area contributed by atoms with E-state index in [4.69, 9.17) is 0 Å². The Bertz CT molecular complexity index is 1130. The summed E-state index contributed by atoms with van der Waals surface area (Å²) in [5, 5.41) is 23.6. The lowest BCUT2D eigenvalue weighted by molar-refractivity contribution is -0.0205. The van der Waals surface area contributed by atoms with Gasteiger partial charge in [-0.05, 0) is 46.9 Å². The van der Waals surface area contributed by atoms with Gasteiger partial charge in [-0.2, -0.15) is 0 Å². The maximum atomic E-state index is 11.8. The smallest absolute Gasteiger partial charge is 0.0699 e. The fourth-order valence-electron chi connectivity index (χ4n) is 6.71. The van der Waals surface area contributed by atoms with Crippen LogP contribution in [0.25, 0.3) is 0 Å². The number of hydrogen-bond donors (Lipinski definition) is 2. The van der Waals surface area contributed by atoms with Crippen molar-refractivity contribution in [2.75, 3.05) is 0 Å². The summed E-state index contributed by atoms with van der Waals surface area (Å²) in [4.78, 5) is 4.84. The summed E-state index contributed by atoms with van der Waals surface area (Å²) in [6.45, 7) is 11.8. The SMILES string of the molecule is CC(C)[C@@H]([C@H](O)CC[C@H](O)[C@H](C(C)C)N(Cc1ccccc1)Cc1ccccc1)N(Cc1ccccc1)Cc1ccccc1. The largest absolute Gasteiger partial charge is 0.391 e. The summed E-state index contributed by atoms with van der Waals surface area (Å²) in [6.07, 6.45) is -0.0569. The van der Waals surface area contributed by atoms with Crippen molar-refractivity contribution in [1.29, 1.82) is 0 Å². The third kappa shape index (κ3) is 10.1. The molecule has 4 nitrogen and oxygen atoms in total. The van der Waals surface area contributed by atoms with Crippen LogP contribution < -0.4 is 0 Å². The van der Waals surface area contributed by atoms with Gasteiger partial charge in [0.25, 0.3) is 0 Å². The Labute approximate surface area is 266 Å². The first kappa shape index (κ1) is 33.6. The number of rotatable bonds is 17. The Morgan fingerprint density at radius 3 is 0.841 bits per heavy atom. The number of aliphatic hydroxyl groups excluding tert-OH is 2. The van der Waals surface area contributed by atoms with Crippen molar-refractivity contribution in [2.24, 2.45) is 11.8 Å². The molecule has 0 heterocycles. The number of benzene rings is 4. The average molecular weight is 593 g/mol. The number of aliphatic hydroxyl groups is 2. The van der Waals surface area contributed by atoms with E-state index in [0.717, 1.165) is 26.2 Å². The van der Waals surface area contributed by atoms with Crippen LogP contribution in [0.4, 0.5) is 0 Å². The van der Waals surface area contributed by atoms with Crippen molar-refractivity contribution in [3.63, 3.8) is 0 Å². The molecule has 4 atom stereocenters. The van der Waals surface area contributed by atoms with Gasteiger partial charge in [-0.15, -0.1) is 0 Å². The molecule has 44 heavy (non-hydrogen) atoms. The highest BCUT2D eigenvalue weighted by Crippen LogP contribution is 2.27. The normalized spacial score (nSPS) is 14.7. The molecule has 0 saturated carbocycles. The third-order valence-electron chi connectivity index (χ3n) is 8.67. The molecule has 0 aromatic heterocycles. The molecule has 0 radical (unpaired) electrons. The Hall–Kier alpha value is -3.28. The van der Waals surface area contributed by atoms with Crippen LogP contribution in [0.2, 0.25) is 0 Å². The Morgan fingerprint density at radius 1 is 0.409 bits per heavy atom. The first-order chi connectivity index (χ1) is 21.3. The molecule has 0 aliphatic carbocycles. The molecule has 4 heteroatoms. The van der Waals surface area contributed by atoms with Crippen LogP contribution in [0, 0.1) is 11.8 Å². The van der Waals surface area contributed by atoms with Crippen LogP contribution >= 0.6 is 0 Å². The second-order valence-electron chi connectivity index (χ2n) is 12.9. The predicted octanol–water partition coefficient (Wildman–Crippen LogP) is 7.94. The zero-order valence-corrected chi connectivity index (χ0v) is 27.0. The lowest BCUT2D eigenvalue weighted by Crippen LogP contribution is -2.48. The van der Waals surface area contributed by atoms with Gasteiger partial charge in [-0.25, -0.2) is 0 Å². The third-order valence-corrected chi connectivity index (χ3v) is 8.67. The summed E-state index contributed by atoms with van der Waals surface area (Å²) in [6, 6.07) is 42.0. The van der Waals surface area contributed by atoms with Gasteiger partial charge in [-0.1, -0.05) is 149 Å². The molecule has 0 unspecified atom stereocenters. The van der Waals surface area contributed by atoms with Gasteiger partial charge in [0.1, 0.15) is 0 Å². The van der Waals surface area contributed by atoms with Gasteiger partial charge in [0, 0.05) is 38.3 Å². The topological polar surface area (TPSA) is 46.9 Å². The maximum absolute atomic E-state index is 11.8. The molecular formula is C40H52N2O2. The monoisotopic (exact) mass is 592 g/mol. The minimum atomic E-state index is -0.568. The lowest BCUT2D eigenvalue weighted by atomic mass is 9.88. The van der Waals surface area contributed by atoms with E-state index >= 15 is 0 Å². The van der Waals surface area contributed by atoms with Gasteiger partial charge >= 0.3 is 0 Å². The van der Waals surface area contributed by atoms with Crippen LogP contribution in [-0.2, 0) is 26.2 Å². The van der Waals surface area contributed by atoms with Crippen molar-refractivity contribution in [2.45, 2.75) is 91.0 Å². The zero-order chi connectivity index (χ0) is 31.3. The molecule has 4 aromatic carbocycles. The van der Waals surface area contributed by atoms with Gasteiger partial charge in [0.15, 0.2) is 0 Å². The Morgan fingerprint density at radius 2 is 0.636 bits per heavy atom. The molecule has 2 N–H and O–H groups in total. The number of nitrogens with zero attached hydrogens (tertiary/aromatic N) is 2. The summed E-state index contributed by atoms with van der Waals surface area (Å²) >= 11 is 0. The fourth-order valence-corrected chi connectivity index (χ4v) is 6.71. The fraction of sp³-hybridized carbons (Fsp3) is 0.400. The van der Waals surface area contributed by atoms with Crippen molar-refractivity contribution in [1.82, 2.24) is 9.80 Å². The molecule has 0 bridgehead atoms. The number of hydrogen-bond acceptors (Lipinski definition) is 4. The molecule has 0 saturated heterocycles. The van der Waals surface area contributed by atoms with Gasteiger partial charge in [-0.3, -0.25) is 9.80 Å². The van der Waals surface area contributed by atoms with Crippen LogP contribution in [0.5, 0.6) is 0 Å². The van der Waals surface area contributed by atoms with Gasteiger partial charge in [0.05, 0.1) is 12.2 Å². The Balaban J connectivity index is 1.52. The first-order valence-electron chi connectivity index (χ1n) is 16.3. The van der Waals surface area contributed by atoms with Crippen molar-refractivity contribution < 1.29 is 10.2 Å². The quantitative estimate of drug-likeness (QED) is 0.131. The van der Waals surface area contributed by atoms with Gasteiger partial charge < -0.3 is 10.2 Å². The van der Waals surface area contributed by atoms with Crippen LogP contribution in [0.1, 0.15) is 62.8 Å². The summed E-state index contributed by atoms with van der Waals surface area (Å²) < 4.78 is 0. The first-order valence-corrected chi connectivity index (χ1v) is 16.3. The van der Waals surface area contributed by atoms with Crippen molar-refractivity contribution in [3.8, 4) is 0 Å². The van der Waals surface area contributed by atoms with Crippen LogP contribution in [-0.4, -0.2) is 44.3 Å². The zero-order valence-electron chi connectivity index (χ0n) is 27.0. The second-order valence-corrected chi connectivity index (χ2v) is 12.9. The minimum absolute atomic E-state index is 0.0511. The molecule has 0 spiro atoms. The molecule has 0 aliphatic rings. The van der Waals surface area contributed by atoms with Crippen LogP contribution in [0.3, 0.4) is 0 Å². The standard InChI is InChI=1S/C40H52N2O2/c1-31(2)39(41(27-33-17-9-5-10-18-33)28-34-19-11-6-12-20-34)37(43)25-26-38(44)40(32(3)4)42(29-35-21-13-7-14-22-35)30-36-23-15-8-16-24-36/h5-24,31-32,37-40,43-44H,25-30H2,1-4H3/t37-,38+,39-,40-/m0/s1. The summed E-state index contributed by atoms with van der Waals surface area (Å²) in [5.41, 5.74) is 4.94. The van der Waals surface area contributed by atoms with E-state index in [-0.39, 0.29) is 23.9 Å². The Kier molecular flexibility index (Phi) is 13.2. The lowest BCUT2D eigenvalue weighted by Gasteiger charge is -2.40. The molecule has 234 valence electrons. The van der Waals surface area contributed by atoms with E-state index in [0.29, 0.717) is 12.8 Å². The maximum Gasteiger partial charge on any atom is 0.0699 e. The van der Waals surface area contributed by atoms with E-state index in [1.54, 1.807) is 0 Å². The van der Waals surface area contributed by atoms with E-state index in [2.05, 4.69) is 135 Å². The molecule has 4 aromatic rings. The minimum Gasteiger partial charge on any atom is -0.391 e. The average Bonchev–Trinajstić information content (AvgIpc) is 3.02. The molecule has 4 rings (SSSR count). The molecule has 0 aliphatic heterocycles. The van der Waals surface area contributed by atoms with Crippen molar-refractivity contribution in [3.05, 3.63) is 144 Å². The van der Waals surface area contributed by atoms with E-state index in [1.807, 2.05) is 24.3 Å². The predicted molar refractivity (Wildman–Crippen MR) is 183 cm³/mol. The van der Waals surface area contributed by atoms with E-state index < -0.39 is 12.2 Å². The highest BCUT2D eigenvalue weighted by Gasteiger charge is 2.33. The van der Waals surface area contributed by atoms with Crippen LogP contribution in [0.15, 0.2) is 121 Å². The van der Waals surface area contributed by atoms with Gasteiger partial charge in [0.2, 0.25) is 0 Å². The van der Waals surface area contributed by atoms with Crippen molar-refractivity contribution >= 4 is 0 Å². The second kappa shape index (κ2) is 17.3. The summed E-state index contributed by atoms with van der Waals surface area (Å²) in [7, 11) is 0. The highest BCUT2D eigenvalue weighted by molar-refractivity contribution is 5.19. The molecular weight excluding hydrogens is 540 g/mol. The summed E-state index contributed by atoms with van der Waals surface area (Å²) in [5.74, 6) is 0.478. The highest BCUT2D eigenvalue weighted by atomic mass is 16.3. The molecule has 0 amide bonds. The van der Waals surface area contributed by atoms with E-state index in [9.17, 15) is 10.2 Å².